The lowest BCUT2D eigenvalue weighted by atomic mass is 9.90. The number of anilines is 1. The van der Waals surface area contributed by atoms with Crippen molar-refractivity contribution < 1.29 is 19.0 Å². The highest BCUT2D eigenvalue weighted by atomic mass is 16.5. The van der Waals surface area contributed by atoms with E-state index in [1.165, 1.54) is 0 Å². The first-order chi connectivity index (χ1) is 14.2. The van der Waals surface area contributed by atoms with Crippen LogP contribution in [0.25, 0.3) is 0 Å². The molecule has 0 aliphatic rings. The van der Waals surface area contributed by atoms with Gasteiger partial charge in [0.2, 0.25) is 5.91 Å². The molecule has 29 heavy (non-hydrogen) atoms. The van der Waals surface area contributed by atoms with E-state index < -0.39 is 5.92 Å². The van der Waals surface area contributed by atoms with E-state index in [2.05, 4.69) is 5.32 Å². The smallest absolute Gasteiger partial charge is 0.236 e. The molecule has 0 unspecified atom stereocenters. The summed E-state index contributed by atoms with van der Waals surface area (Å²) < 4.78 is 16.1. The Bertz CT molecular complexity index is 873. The van der Waals surface area contributed by atoms with Gasteiger partial charge in [-0.25, -0.2) is 0 Å². The molecule has 0 atom stereocenters. The predicted octanol–water partition coefficient (Wildman–Crippen LogP) is 4.49. The summed E-state index contributed by atoms with van der Waals surface area (Å²) in [5, 5.41) is 3.02. The average Bonchev–Trinajstić information content (AvgIpc) is 2.76. The lowest BCUT2D eigenvalue weighted by Crippen LogP contribution is -2.22. The van der Waals surface area contributed by atoms with Gasteiger partial charge in [0.25, 0.3) is 0 Å². The first-order valence-corrected chi connectivity index (χ1v) is 9.43. The summed E-state index contributed by atoms with van der Waals surface area (Å²) in [6, 6.07) is 24.8. The van der Waals surface area contributed by atoms with E-state index in [-0.39, 0.29) is 5.91 Å². The van der Waals surface area contributed by atoms with E-state index in [9.17, 15) is 4.79 Å². The Morgan fingerprint density at radius 2 is 1.45 bits per heavy atom. The monoisotopic (exact) mass is 391 g/mol. The van der Waals surface area contributed by atoms with Gasteiger partial charge in [0.1, 0.15) is 6.61 Å². The van der Waals surface area contributed by atoms with E-state index in [0.29, 0.717) is 30.4 Å². The van der Waals surface area contributed by atoms with Crippen molar-refractivity contribution >= 4 is 11.6 Å². The highest BCUT2D eigenvalue weighted by Crippen LogP contribution is 2.32. The maximum atomic E-state index is 13.2. The molecule has 0 fully saturated rings. The van der Waals surface area contributed by atoms with Crippen LogP contribution in [0.2, 0.25) is 0 Å². The summed E-state index contributed by atoms with van der Waals surface area (Å²) in [6.07, 6.45) is 0. The van der Waals surface area contributed by atoms with Gasteiger partial charge in [0.15, 0.2) is 11.5 Å². The molecule has 3 rings (SSSR count). The number of amides is 1. The number of carbonyl (C=O) groups excluding carboxylic acids is 1. The summed E-state index contributed by atoms with van der Waals surface area (Å²) in [4.78, 5) is 13.2. The second-order valence-corrected chi connectivity index (χ2v) is 6.45. The largest absolute Gasteiger partial charge is 0.493 e. The highest BCUT2D eigenvalue weighted by Gasteiger charge is 2.23. The van der Waals surface area contributed by atoms with E-state index in [0.717, 1.165) is 11.1 Å². The average molecular weight is 391 g/mol. The van der Waals surface area contributed by atoms with Crippen LogP contribution < -0.4 is 14.8 Å². The molecule has 1 N–H and O–H groups in total. The van der Waals surface area contributed by atoms with Crippen LogP contribution in [0.1, 0.15) is 17.0 Å². The summed E-state index contributed by atoms with van der Waals surface area (Å²) in [5.41, 5.74) is 2.50. The van der Waals surface area contributed by atoms with Crippen LogP contribution in [-0.4, -0.2) is 33.3 Å². The Hall–Kier alpha value is -3.31. The Kier molecular flexibility index (Phi) is 7.25. The van der Waals surface area contributed by atoms with E-state index >= 15 is 0 Å². The minimum Gasteiger partial charge on any atom is -0.493 e. The summed E-state index contributed by atoms with van der Waals surface area (Å²) >= 11 is 0. The van der Waals surface area contributed by atoms with Gasteiger partial charge >= 0.3 is 0 Å². The lowest BCUT2D eigenvalue weighted by Gasteiger charge is -2.19. The molecule has 0 aromatic heterocycles. The highest BCUT2D eigenvalue weighted by molar-refractivity contribution is 5.98. The fourth-order valence-corrected chi connectivity index (χ4v) is 3.10. The molecule has 5 heteroatoms. The third-order valence-corrected chi connectivity index (χ3v) is 4.50. The maximum Gasteiger partial charge on any atom is 0.236 e. The van der Waals surface area contributed by atoms with Gasteiger partial charge in [-0.15, -0.1) is 0 Å². The van der Waals surface area contributed by atoms with Crippen molar-refractivity contribution in [3.8, 4) is 11.5 Å². The summed E-state index contributed by atoms with van der Waals surface area (Å²) in [6.45, 7) is 0.852. The minimum absolute atomic E-state index is 0.115. The third kappa shape index (κ3) is 5.36. The number of hydrogen-bond donors (Lipinski definition) is 1. The molecule has 0 saturated carbocycles. The van der Waals surface area contributed by atoms with Gasteiger partial charge < -0.3 is 19.5 Å². The number of ether oxygens (including phenoxy) is 3. The van der Waals surface area contributed by atoms with Crippen LogP contribution in [0.3, 0.4) is 0 Å². The number of benzene rings is 3. The number of carbonyl (C=O) groups is 1. The molecular formula is C24H25NO4. The number of hydrogen-bond acceptors (Lipinski definition) is 4. The van der Waals surface area contributed by atoms with Crippen molar-refractivity contribution in [3.05, 3.63) is 90.0 Å². The van der Waals surface area contributed by atoms with Crippen LogP contribution in [0.15, 0.2) is 78.9 Å². The van der Waals surface area contributed by atoms with Crippen LogP contribution in [0.5, 0.6) is 11.5 Å². The second kappa shape index (κ2) is 10.3. The molecule has 0 aliphatic heterocycles. The predicted molar refractivity (Wildman–Crippen MR) is 114 cm³/mol. The molecule has 0 bridgehead atoms. The van der Waals surface area contributed by atoms with Gasteiger partial charge in [-0.3, -0.25) is 4.79 Å². The molecule has 0 aliphatic carbocycles. The lowest BCUT2D eigenvalue weighted by molar-refractivity contribution is -0.116. The van der Waals surface area contributed by atoms with Crippen LogP contribution >= 0.6 is 0 Å². The fraction of sp³-hybridized carbons (Fsp3) is 0.208. The number of nitrogens with one attached hydrogen (secondary N) is 1. The normalized spacial score (nSPS) is 10.6. The molecule has 5 nitrogen and oxygen atoms in total. The van der Waals surface area contributed by atoms with Crippen molar-refractivity contribution in [3.63, 3.8) is 0 Å². The van der Waals surface area contributed by atoms with Gasteiger partial charge in [0, 0.05) is 18.9 Å². The number of methoxy groups -OCH3 is 2. The standard InChI is InChI=1S/C24H25NO4/c1-27-15-16-29-22-17-20(13-14-21(22)28-2)25-24(26)23(18-9-5-3-6-10-18)19-11-7-4-8-12-19/h3-14,17,23H,15-16H2,1-2H3,(H,25,26). The molecule has 0 saturated heterocycles. The summed E-state index contributed by atoms with van der Waals surface area (Å²) in [7, 11) is 3.20. The quantitative estimate of drug-likeness (QED) is 0.546. The molecule has 150 valence electrons. The van der Waals surface area contributed by atoms with Crippen molar-refractivity contribution in [2.45, 2.75) is 5.92 Å². The van der Waals surface area contributed by atoms with Crippen LogP contribution in [-0.2, 0) is 9.53 Å². The van der Waals surface area contributed by atoms with Crippen molar-refractivity contribution in [2.75, 3.05) is 32.8 Å². The molecule has 0 spiro atoms. The molecular weight excluding hydrogens is 366 g/mol. The van der Waals surface area contributed by atoms with Crippen molar-refractivity contribution in [1.82, 2.24) is 0 Å². The Labute approximate surface area is 171 Å². The van der Waals surface area contributed by atoms with Crippen molar-refractivity contribution in [2.24, 2.45) is 0 Å². The first-order valence-electron chi connectivity index (χ1n) is 9.43. The zero-order valence-electron chi connectivity index (χ0n) is 16.6. The molecule has 0 heterocycles. The molecule has 0 radical (unpaired) electrons. The van der Waals surface area contributed by atoms with Gasteiger partial charge in [0.05, 0.1) is 19.6 Å². The van der Waals surface area contributed by atoms with Crippen LogP contribution in [0, 0.1) is 0 Å². The van der Waals surface area contributed by atoms with E-state index in [4.69, 9.17) is 14.2 Å². The molecule has 3 aromatic carbocycles. The SMILES string of the molecule is COCCOc1cc(NC(=O)C(c2ccccc2)c2ccccc2)ccc1OC. The molecule has 1 amide bonds. The van der Waals surface area contributed by atoms with Gasteiger partial charge in [-0.2, -0.15) is 0 Å². The van der Waals surface area contributed by atoms with E-state index in [1.54, 1.807) is 32.4 Å². The van der Waals surface area contributed by atoms with Gasteiger partial charge in [-0.05, 0) is 23.3 Å². The fourth-order valence-electron chi connectivity index (χ4n) is 3.10. The Morgan fingerprint density at radius 1 is 0.828 bits per heavy atom. The Balaban J connectivity index is 1.85. The molecule has 3 aromatic rings. The topological polar surface area (TPSA) is 56.8 Å². The van der Waals surface area contributed by atoms with Gasteiger partial charge in [-0.1, -0.05) is 60.7 Å². The Morgan fingerprint density at radius 3 is 2.00 bits per heavy atom. The number of rotatable bonds is 9. The minimum atomic E-state index is -0.419. The maximum absolute atomic E-state index is 13.2. The van der Waals surface area contributed by atoms with E-state index in [1.807, 2.05) is 60.7 Å². The van der Waals surface area contributed by atoms with Crippen molar-refractivity contribution in [1.29, 1.82) is 0 Å². The zero-order valence-corrected chi connectivity index (χ0v) is 16.6. The summed E-state index contributed by atoms with van der Waals surface area (Å²) in [5.74, 6) is 0.618. The zero-order chi connectivity index (χ0) is 20.5. The third-order valence-electron chi connectivity index (χ3n) is 4.50. The van der Waals surface area contributed by atoms with Crippen LogP contribution in [0.4, 0.5) is 5.69 Å². The first kappa shape index (κ1) is 20.4. The second-order valence-electron chi connectivity index (χ2n) is 6.45.